The summed E-state index contributed by atoms with van der Waals surface area (Å²) in [6.45, 7) is 2.13. The highest BCUT2D eigenvalue weighted by Crippen LogP contribution is 2.24. The lowest BCUT2D eigenvalue weighted by Crippen LogP contribution is -2.33. The van der Waals surface area contributed by atoms with Gasteiger partial charge in [-0.15, -0.1) is 11.8 Å². The average Bonchev–Trinajstić information content (AvgIpc) is 2.60. The lowest BCUT2D eigenvalue weighted by Gasteiger charge is -2.24. The van der Waals surface area contributed by atoms with Crippen molar-refractivity contribution >= 4 is 35.3 Å². The molecule has 1 atom stereocenters. The van der Waals surface area contributed by atoms with Gasteiger partial charge in [0.15, 0.2) is 5.82 Å². The molecule has 2 aromatic rings. The number of nitrogens with two attached hydrogens (primary N) is 1. The second-order valence-electron chi connectivity index (χ2n) is 6.09. The third-order valence-electron chi connectivity index (χ3n) is 3.87. The van der Waals surface area contributed by atoms with Crippen LogP contribution < -0.4 is 16.0 Å². The first-order valence-electron chi connectivity index (χ1n) is 8.13. The molecule has 0 aliphatic rings. The van der Waals surface area contributed by atoms with Gasteiger partial charge in [0, 0.05) is 19.0 Å². The van der Waals surface area contributed by atoms with Crippen molar-refractivity contribution in [3.05, 3.63) is 30.1 Å². The SMILES string of the molecule is CSc1ccccc1NC(=O)CN(C)[C@@H](C)c1nc(N)nc(N(C)C)n1. The molecule has 3 N–H and O–H groups in total. The molecule has 0 fully saturated rings. The number of nitrogens with zero attached hydrogens (tertiary/aromatic N) is 5. The highest BCUT2D eigenvalue weighted by molar-refractivity contribution is 7.98. The minimum atomic E-state index is -0.194. The van der Waals surface area contributed by atoms with Crippen molar-refractivity contribution in [1.82, 2.24) is 19.9 Å². The van der Waals surface area contributed by atoms with Crippen molar-refractivity contribution in [3.63, 3.8) is 0 Å². The molecular formula is C17H25N7OS. The number of carbonyl (C=O) groups excluding carboxylic acids is 1. The smallest absolute Gasteiger partial charge is 0.238 e. The minimum absolute atomic E-state index is 0.101. The number of nitrogen functional groups attached to an aromatic ring is 1. The summed E-state index contributed by atoms with van der Waals surface area (Å²) in [4.78, 5) is 29.8. The van der Waals surface area contributed by atoms with Gasteiger partial charge in [-0.1, -0.05) is 12.1 Å². The predicted molar refractivity (Wildman–Crippen MR) is 106 cm³/mol. The van der Waals surface area contributed by atoms with E-state index in [1.54, 1.807) is 16.7 Å². The second kappa shape index (κ2) is 8.81. The number of thioether (sulfide) groups is 1. The van der Waals surface area contributed by atoms with E-state index >= 15 is 0 Å². The number of amides is 1. The van der Waals surface area contributed by atoms with Gasteiger partial charge in [0.1, 0.15) is 0 Å². The molecular weight excluding hydrogens is 350 g/mol. The monoisotopic (exact) mass is 375 g/mol. The fraction of sp³-hybridized carbons (Fsp3) is 0.412. The van der Waals surface area contributed by atoms with Gasteiger partial charge < -0.3 is 16.0 Å². The topological polar surface area (TPSA) is 100 Å². The number of hydrogen-bond donors (Lipinski definition) is 2. The number of para-hydroxylation sites is 1. The maximum atomic E-state index is 12.4. The van der Waals surface area contributed by atoms with Crippen molar-refractivity contribution in [2.45, 2.75) is 17.9 Å². The van der Waals surface area contributed by atoms with Crippen molar-refractivity contribution in [3.8, 4) is 0 Å². The highest BCUT2D eigenvalue weighted by Gasteiger charge is 2.20. The van der Waals surface area contributed by atoms with Crippen LogP contribution in [0.1, 0.15) is 18.8 Å². The van der Waals surface area contributed by atoms with Gasteiger partial charge in [-0.25, -0.2) is 0 Å². The summed E-state index contributed by atoms with van der Waals surface area (Å²) in [6, 6.07) is 7.52. The first kappa shape index (κ1) is 19.9. The van der Waals surface area contributed by atoms with E-state index in [1.807, 2.05) is 63.5 Å². The van der Waals surface area contributed by atoms with Gasteiger partial charge >= 0.3 is 0 Å². The number of carbonyl (C=O) groups is 1. The molecule has 1 heterocycles. The molecule has 2 rings (SSSR count). The van der Waals surface area contributed by atoms with Crippen LogP contribution >= 0.6 is 11.8 Å². The zero-order valence-electron chi connectivity index (χ0n) is 15.7. The first-order chi connectivity index (χ1) is 12.3. The zero-order valence-corrected chi connectivity index (χ0v) is 16.5. The van der Waals surface area contributed by atoms with Crippen LogP contribution in [0, 0.1) is 0 Å². The molecule has 9 heteroatoms. The summed E-state index contributed by atoms with van der Waals surface area (Å²) >= 11 is 1.59. The Hall–Kier alpha value is -2.39. The summed E-state index contributed by atoms with van der Waals surface area (Å²) in [5.74, 6) is 1.08. The minimum Gasteiger partial charge on any atom is -0.368 e. The molecule has 1 aromatic carbocycles. The van der Waals surface area contributed by atoms with Crippen molar-refractivity contribution in [1.29, 1.82) is 0 Å². The summed E-state index contributed by atoms with van der Waals surface area (Å²) in [5, 5.41) is 2.95. The Balaban J connectivity index is 2.07. The van der Waals surface area contributed by atoms with E-state index in [0.29, 0.717) is 11.8 Å². The van der Waals surface area contributed by atoms with Gasteiger partial charge in [0.05, 0.1) is 18.3 Å². The van der Waals surface area contributed by atoms with Crippen LogP contribution in [0.5, 0.6) is 0 Å². The molecule has 0 spiro atoms. The van der Waals surface area contributed by atoms with Gasteiger partial charge in [-0.3, -0.25) is 9.69 Å². The maximum absolute atomic E-state index is 12.4. The largest absolute Gasteiger partial charge is 0.368 e. The molecule has 0 unspecified atom stereocenters. The molecule has 0 aliphatic carbocycles. The summed E-state index contributed by atoms with van der Waals surface area (Å²) in [5.41, 5.74) is 6.59. The molecule has 26 heavy (non-hydrogen) atoms. The third kappa shape index (κ3) is 5.06. The van der Waals surface area contributed by atoms with Gasteiger partial charge in [-0.05, 0) is 32.4 Å². The Morgan fingerprint density at radius 1 is 1.23 bits per heavy atom. The number of benzene rings is 1. The summed E-state index contributed by atoms with van der Waals surface area (Å²) in [7, 11) is 5.52. The second-order valence-corrected chi connectivity index (χ2v) is 6.93. The predicted octanol–water partition coefficient (Wildman–Crippen LogP) is 1.87. The lowest BCUT2D eigenvalue weighted by atomic mass is 10.2. The lowest BCUT2D eigenvalue weighted by molar-refractivity contribution is -0.117. The number of nitrogens with one attached hydrogen (secondary N) is 1. The van der Waals surface area contributed by atoms with E-state index in [9.17, 15) is 4.79 Å². The van der Waals surface area contributed by atoms with E-state index in [0.717, 1.165) is 10.6 Å². The van der Waals surface area contributed by atoms with E-state index < -0.39 is 0 Å². The van der Waals surface area contributed by atoms with E-state index in [2.05, 4.69) is 20.3 Å². The van der Waals surface area contributed by atoms with Crippen molar-refractivity contribution in [2.75, 3.05) is 49.9 Å². The molecule has 140 valence electrons. The van der Waals surface area contributed by atoms with Crippen LogP contribution in [0.4, 0.5) is 17.6 Å². The van der Waals surface area contributed by atoms with Crippen LogP contribution in [0.25, 0.3) is 0 Å². The van der Waals surface area contributed by atoms with Crippen molar-refractivity contribution < 1.29 is 4.79 Å². The Morgan fingerprint density at radius 2 is 1.92 bits per heavy atom. The highest BCUT2D eigenvalue weighted by atomic mass is 32.2. The number of aromatic nitrogens is 3. The van der Waals surface area contributed by atoms with Crippen LogP contribution in [0.2, 0.25) is 0 Å². The summed E-state index contributed by atoms with van der Waals surface area (Å²) < 4.78 is 0. The molecule has 0 saturated heterocycles. The number of anilines is 3. The van der Waals surface area contributed by atoms with E-state index in [-0.39, 0.29) is 24.4 Å². The fourth-order valence-corrected chi connectivity index (χ4v) is 2.84. The van der Waals surface area contributed by atoms with Crippen LogP contribution in [-0.2, 0) is 4.79 Å². The van der Waals surface area contributed by atoms with Gasteiger partial charge in [0.2, 0.25) is 17.8 Å². The Kier molecular flexibility index (Phi) is 6.76. The van der Waals surface area contributed by atoms with Crippen molar-refractivity contribution in [2.24, 2.45) is 0 Å². The number of likely N-dealkylation sites (N-methyl/N-ethyl adjacent to an activating group) is 1. The molecule has 0 radical (unpaired) electrons. The summed E-state index contributed by atoms with van der Waals surface area (Å²) in [6.07, 6.45) is 1.98. The number of hydrogen-bond acceptors (Lipinski definition) is 8. The quantitative estimate of drug-likeness (QED) is 0.708. The standard InChI is InChI=1S/C17H25N7OS/c1-11(15-20-16(18)22-17(21-15)23(2)3)24(4)10-14(25)19-12-8-6-7-9-13(12)26-5/h6-9,11H,10H2,1-5H3,(H,19,25)(H2,18,20,21,22)/t11-/m0/s1. The van der Waals surface area contributed by atoms with E-state index in [1.165, 1.54) is 0 Å². The number of rotatable bonds is 7. The molecule has 0 saturated carbocycles. The Morgan fingerprint density at radius 3 is 2.58 bits per heavy atom. The van der Waals surface area contributed by atoms with Crippen LogP contribution in [-0.4, -0.2) is 59.7 Å². The molecule has 1 aromatic heterocycles. The fourth-order valence-electron chi connectivity index (χ4n) is 2.28. The molecule has 8 nitrogen and oxygen atoms in total. The molecule has 0 aliphatic heterocycles. The third-order valence-corrected chi connectivity index (χ3v) is 4.66. The van der Waals surface area contributed by atoms with Gasteiger partial charge in [0.25, 0.3) is 0 Å². The first-order valence-corrected chi connectivity index (χ1v) is 9.36. The molecule has 0 bridgehead atoms. The normalized spacial score (nSPS) is 12.1. The van der Waals surface area contributed by atoms with E-state index in [4.69, 9.17) is 5.73 Å². The molecule has 1 amide bonds. The van der Waals surface area contributed by atoms with Crippen LogP contribution in [0.3, 0.4) is 0 Å². The zero-order chi connectivity index (χ0) is 19.3. The van der Waals surface area contributed by atoms with Gasteiger partial charge in [-0.2, -0.15) is 15.0 Å². The average molecular weight is 376 g/mol. The Bertz CT molecular complexity index is 769. The maximum Gasteiger partial charge on any atom is 0.238 e. The Labute approximate surface area is 158 Å². The van der Waals surface area contributed by atoms with Crippen LogP contribution in [0.15, 0.2) is 29.2 Å².